The van der Waals surface area contributed by atoms with E-state index >= 15 is 0 Å². The van der Waals surface area contributed by atoms with Crippen molar-refractivity contribution >= 4 is 0 Å². The lowest BCUT2D eigenvalue weighted by Crippen LogP contribution is -2.45. The van der Waals surface area contributed by atoms with Crippen molar-refractivity contribution in [2.75, 3.05) is 6.54 Å². The van der Waals surface area contributed by atoms with E-state index in [1.54, 1.807) is 0 Å². The Morgan fingerprint density at radius 2 is 1.73 bits per heavy atom. The summed E-state index contributed by atoms with van der Waals surface area (Å²) in [6.07, 6.45) is 2.84. The fraction of sp³-hybridized carbons (Fsp3) is 1.00. The summed E-state index contributed by atoms with van der Waals surface area (Å²) < 4.78 is 0. The van der Waals surface area contributed by atoms with Crippen molar-refractivity contribution in [3.63, 3.8) is 0 Å². The van der Waals surface area contributed by atoms with Crippen LogP contribution in [0.2, 0.25) is 0 Å². The van der Waals surface area contributed by atoms with E-state index in [-0.39, 0.29) is 0 Å². The van der Waals surface area contributed by atoms with E-state index in [1.807, 2.05) is 0 Å². The van der Waals surface area contributed by atoms with Gasteiger partial charge in [0.25, 0.3) is 0 Å². The van der Waals surface area contributed by atoms with Crippen LogP contribution in [0, 0.1) is 0 Å². The maximum atomic E-state index is 3.51. The zero-order valence-corrected chi connectivity index (χ0v) is 8.28. The minimum atomic E-state index is 0.495. The molecule has 11 heavy (non-hydrogen) atoms. The number of hydrogen-bond acceptors (Lipinski definition) is 2. The molecular formula is C9H22N2. The quantitative estimate of drug-likeness (QED) is 0.575. The molecular weight excluding hydrogens is 136 g/mol. The summed E-state index contributed by atoms with van der Waals surface area (Å²) in [6.45, 7) is 9.81. The van der Waals surface area contributed by atoms with Crippen LogP contribution in [0.4, 0.5) is 0 Å². The molecule has 2 heteroatoms. The first-order valence-electron chi connectivity index (χ1n) is 4.73. The highest BCUT2D eigenvalue weighted by Crippen LogP contribution is 1.92. The summed E-state index contributed by atoms with van der Waals surface area (Å²) in [5, 5.41) is 6.89. The third kappa shape index (κ3) is 5.22. The molecule has 2 atom stereocenters. The average molecular weight is 158 g/mol. The normalized spacial score (nSPS) is 16.4. The van der Waals surface area contributed by atoms with E-state index in [0.717, 1.165) is 13.0 Å². The second-order valence-corrected chi connectivity index (χ2v) is 2.99. The van der Waals surface area contributed by atoms with E-state index in [2.05, 4.69) is 38.3 Å². The van der Waals surface area contributed by atoms with Crippen LogP contribution in [-0.2, 0) is 0 Å². The molecule has 0 rings (SSSR count). The highest BCUT2D eigenvalue weighted by Gasteiger charge is 2.05. The SMILES string of the molecule is CCNC(CC)NC(C)CC. The van der Waals surface area contributed by atoms with E-state index in [9.17, 15) is 0 Å². The van der Waals surface area contributed by atoms with Crippen LogP contribution < -0.4 is 10.6 Å². The fourth-order valence-corrected chi connectivity index (χ4v) is 1.03. The van der Waals surface area contributed by atoms with Crippen molar-refractivity contribution < 1.29 is 0 Å². The molecule has 0 fully saturated rings. The highest BCUT2D eigenvalue weighted by atomic mass is 15.1. The van der Waals surface area contributed by atoms with Gasteiger partial charge in [0.05, 0.1) is 6.17 Å². The van der Waals surface area contributed by atoms with Gasteiger partial charge in [-0.3, -0.25) is 5.32 Å². The first kappa shape index (κ1) is 10.9. The third-order valence-electron chi connectivity index (χ3n) is 1.96. The van der Waals surface area contributed by atoms with Crippen molar-refractivity contribution in [3.05, 3.63) is 0 Å². The van der Waals surface area contributed by atoms with Crippen molar-refractivity contribution in [2.24, 2.45) is 0 Å². The van der Waals surface area contributed by atoms with Gasteiger partial charge in [-0.05, 0) is 26.3 Å². The summed E-state index contributed by atoms with van der Waals surface area (Å²) in [5.41, 5.74) is 0. The van der Waals surface area contributed by atoms with Gasteiger partial charge in [-0.1, -0.05) is 20.8 Å². The minimum absolute atomic E-state index is 0.495. The van der Waals surface area contributed by atoms with Crippen molar-refractivity contribution in [2.45, 2.75) is 52.7 Å². The topological polar surface area (TPSA) is 24.1 Å². The molecule has 0 saturated carbocycles. The Hall–Kier alpha value is -0.0800. The molecule has 68 valence electrons. The lowest BCUT2D eigenvalue weighted by atomic mass is 10.2. The molecule has 0 aromatic rings. The van der Waals surface area contributed by atoms with Crippen LogP contribution in [0.15, 0.2) is 0 Å². The van der Waals surface area contributed by atoms with Gasteiger partial charge >= 0.3 is 0 Å². The smallest absolute Gasteiger partial charge is 0.0570 e. The van der Waals surface area contributed by atoms with Gasteiger partial charge in [0.2, 0.25) is 0 Å². The lowest BCUT2D eigenvalue weighted by Gasteiger charge is -2.21. The summed E-state index contributed by atoms with van der Waals surface area (Å²) in [4.78, 5) is 0. The lowest BCUT2D eigenvalue weighted by molar-refractivity contribution is 0.373. The Balaban J connectivity index is 3.49. The Morgan fingerprint density at radius 1 is 1.09 bits per heavy atom. The molecule has 2 nitrogen and oxygen atoms in total. The molecule has 0 aromatic heterocycles. The molecule has 0 aliphatic heterocycles. The van der Waals surface area contributed by atoms with Crippen LogP contribution in [0.25, 0.3) is 0 Å². The van der Waals surface area contributed by atoms with Crippen LogP contribution in [0.3, 0.4) is 0 Å². The molecule has 0 aliphatic carbocycles. The monoisotopic (exact) mass is 158 g/mol. The molecule has 2 N–H and O–H groups in total. The standard InChI is InChI=1S/C9H22N2/c1-5-8(4)11-9(6-2)10-7-3/h8-11H,5-7H2,1-4H3. The molecule has 0 bridgehead atoms. The molecule has 0 saturated heterocycles. The van der Waals surface area contributed by atoms with Crippen LogP contribution >= 0.6 is 0 Å². The second kappa shape index (κ2) is 6.62. The molecule has 0 amide bonds. The third-order valence-corrected chi connectivity index (χ3v) is 1.96. The Morgan fingerprint density at radius 3 is 2.09 bits per heavy atom. The van der Waals surface area contributed by atoms with E-state index in [1.165, 1.54) is 6.42 Å². The summed E-state index contributed by atoms with van der Waals surface area (Å²) >= 11 is 0. The predicted octanol–water partition coefficient (Wildman–Crippen LogP) is 1.72. The van der Waals surface area contributed by atoms with Crippen molar-refractivity contribution in [1.29, 1.82) is 0 Å². The maximum Gasteiger partial charge on any atom is 0.0570 e. The molecule has 0 aromatic carbocycles. The van der Waals surface area contributed by atoms with E-state index in [4.69, 9.17) is 0 Å². The van der Waals surface area contributed by atoms with Crippen molar-refractivity contribution in [1.82, 2.24) is 10.6 Å². The predicted molar refractivity (Wildman–Crippen MR) is 50.6 cm³/mol. The second-order valence-electron chi connectivity index (χ2n) is 2.99. The van der Waals surface area contributed by atoms with Crippen LogP contribution in [0.1, 0.15) is 40.5 Å². The first-order valence-corrected chi connectivity index (χ1v) is 4.73. The summed E-state index contributed by atoms with van der Waals surface area (Å²) in [7, 11) is 0. The number of rotatable bonds is 6. The zero-order valence-electron chi connectivity index (χ0n) is 8.28. The Labute approximate surface area is 70.8 Å². The van der Waals surface area contributed by atoms with E-state index in [0.29, 0.717) is 12.2 Å². The van der Waals surface area contributed by atoms with Gasteiger partial charge < -0.3 is 5.32 Å². The summed E-state index contributed by atoms with van der Waals surface area (Å²) in [6, 6.07) is 0.624. The number of hydrogen-bond donors (Lipinski definition) is 2. The van der Waals surface area contributed by atoms with E-state index < -0.39 is 0 Å². The largest absolute Gasteiger partial charge is 0.302 e. The first-order chi connectivity index (χ1) is 5.24. The molecule has 0 aliphatic rings. The summed E-state index contributed by atoms with van der Waals surface area (Å²) in [5.74, 6) is 0. The fourth-order valence-electron chi connectivity index (χ4n) is 1.03. The average Bonchev–Trinajstić information content (AvgIpc) is 2.03. The van der Waals surface area contributed by atoms with Crippen molar-refractivity contribution in [3.8, 4) is 0 Å². The van der Waals surface area contributed by atoms with Gasteiger partial charge in [-0.15, -0.1) is 0 Å². The van der Waals surface area contributed by atoms with Gasteiger partial charge in [-0.25, -0.2) is 0 Å². The maximum absolute atomic E-state index is 3.51. The highest BCUT2D eigenvalue weighted by molar-refractivity contribution is 4.66. The molecule has 2 unspecified atom stereocenters. The van der Waals surface area contributed by atoms with Gasteiger partial charge in [0, 0.05) is 6.04 Å². The van der Waals surface area contributed by atoms with Gasteiger partial charge in [0.15, 0.2) is 0 Å². The van der Waals surface area contributed by atoms with Gasteiger partial charge in [-0.2, -0.15) is 0 Å². The molecule has 0 radical (unpaired) electrons. The zero-order chi connectivity index (χ0) is 8.69. The minimum Gasteiger partial charge on any atom is -0.302 e. The van der Waals surface area contributed by atoms with Gasteiger partial charge in [0.1, 0.15) is 0 Å². The Bertz CT molecular complexity index is 83.6. The number of nitrogens with one attached hydrogen (secondary N) is 2. The van der Waals surface area contributed by atoms with Crippen LogP contribution in [-0.4, -0.2) is 18.8 Å². The molecule has 0 spiro atoms. The van der Waals surface area contributed by atoms with Crippen LogP contribution in [0.5, 0.6) is 0 Å². The Kier molecular flexibility index (Phi) is 6.57. The molecule has 0 heterocycles.